The van der Waals surface area contributed by atoms with Crippen LogP contribution in [0.1, 0.15) is 90.5 Å². The number of carbonyl (C=O) groups is 3. The lowest BCUT2D eigenvalue weighted by atomic mass is 9.97. The largest absolute Gasteiger partial charge is 0.465 e. The Balaban J connectivity index is 2.38. The fraction of sp³-hybridized carbons (Fsp3) is 0.583. The van der Waals surface area contributed by atoms with E-state index in [0.717, 1.165) is 12.8 Å². The molecule has 0 fully saturated rings. The molecular weight excluding hydrogens is 544 g/mol. The summed E-state index contributed by atoms with van der Waals surface area (Å²) in [7, 11) is 0. The Bertz CT molecular complexity index is 971. The number of hydrogen-bond donors (Lipinski definition) is 1. The lowest BCUT2D eigenvalue weighted by Gasteiger charge is -2.20. The van der Waals surface area contributed by atoms with Gasteiger partial charge in [-0.3, -0.25) is 14.4 Å². The minimum atomic E-state index is -0.612. The van der Waals surface area contributed by atoms with E-state index in [-0.39, 0.29) is 42.3 Å². The van der Waals surface area contributed by atoms with Crippen molar-refractivity contribution in [3.8, 4) is 0 Å². The first kappa shape index (κ1) is 37.8. The van der Waals surface area contributed by atoms with Crippen molar-refractivity contribution in [2.24, 2.45) is 17.8 Å². The van der Waals surface area contributed by atoms with Crippen molar-refractivity contribution in [3.05, 3.63) is 73.4 Å². The van der Waals surface area contributed by atoms with Gasteiger partial charge in [-0.1, -0.05) is 82.0 Å². The second-order valence-corrected chi connectivity index (χ2v) is 10.9. The fourth-order valence-electron chi connectivity index (χ4n) is 4.73. The summed E-state index contributed by atoms with van der Waals surface area (Å²) in [5.74, 6) is -1.49. The first-order valence-corrected chi connectivity index (χ1v) is 15.9. The smallest absolute Gasteiger partial charge is 0.309 e. The van der Waals surface area contributed by atoms with Crippen LogP contribution in [-0.2, 0) is 35.0 Å². The van der Waals surface area contributed by atoms with Gasteiger partial charge in [0.05, 0.1) is 30.5 Å². The van der Waals surface area contributed by atoms with E-state index in [1.165, 1.54) is 11.6 Å². The monoisotopic (exact) mass is 598 g/mol. The number of aryl methyl sites for hydroxylation is 1. The standard InChI is InChI=1S/C36H54O7/c1-6-29(21-15-12-16-26-41-34(38)30(7-2)22-24-32(37)9-4)36(40)43-33(10-5)25-23-31(8-3)35(39)42-27-17-20-28-18-13-11-14-19-28/h9-14,16,18-19,29-33,37H,4-8,15,17,20-27H2,1-3H3/b16-12+. The average Bonchev–Trinajstić information content (AvgIpc) is 3.02. The number of hydrogen-bond acceptors (Lipinski definition) is 7. The molecule has 7 nitrogen and oxygen atoms in total. The highest BCUT2D eigenvalue weighted by Gasteiger charge is 2.24. The number of benzene rings is 1. The number of allylic oxidation sites excluding steroid dienone is 1. The van der Waals surface area contributed by atoms with Crippen LogP contribution < -0.4 is 0 Å². The lowest BCUT2D eigenvalue weighted by Crippen LogP contribution is -2.25. The Morgan fingerprint density at radius 3 is 1.98 bits per heavy atom. The Morgan fingerprint density at radius 2 is 1.37 bits per heavy atom. The zero-order chi connectivity index (χ0) is 31.9. The number of aliphatic hydroxyl groups excluding tert-OH is 1. The van der Waals surface area contributed by atoms with Crippen LogP contribution >= 0.6 is 0 Å². The minimum absolute atomic E-state index is 0.174. The van der Waals surface area contributed by atoms with Gasteiger partial charge in [-0.25, -0.2) is 0 Å². The van der Waals surface area contributed by atoms with Gasteiger partial charge in [-0.15, -0.1) is 6.58 Å². The van der Waals surface area contributed by atoms with E-state index in [0.29, 0.717) is 64.4 Å². The highest BCUT2D eigenvalue weighted by Crippen LogP contribution is 2.20. The first-order chi connectivity index (χ1) is 20.8. The second-order valence-electron chi connectivity index (χ2n) is 10.9. The van der Waals surface area contributed by atoms with Crippen molar-refractivity contribution < 1.29 is 33.7 Å². The molecule has 0 saturated carbocycles. The molecule has 5 atom stereocenters. The summed E-state index contributed by atoms with van der Waals surface area (Å²) in [6.07, 6.45) is 12.7. The topological polar surface area (TPSA) is 99.1 Å². The van der Waals surface area contributed by atoms with E-state index in [1.807, 2.05) is 45.0 Å². The van der Waals surface area contributed by atoms with Gasteiger partial charge in [0.1, 0.15) is 12.7 Å². The predicted octanol–water partition coefficient (Wildman–Crippen LogP) is 7.33. The van der Waals surface area contributed by atoms with Crippen LogP contribution in [0.5, 0.6) is 0 Å². The van der Waals surface area contributed by atoms with Gasteiger partial charge in [0.25, 0.3) is 0 Å². The third-order valence-corrected chi connectivity index (χ3v) is 7.76. The molecule has 0 aliphatic carbocycles. The first-order valence-electron chi connectivity index (χ1n) is 15.9. The van der Waals surface area contributed by atoms with Crippen LogP contribution in [0, 0.1) is 17.8 Å². The van der Waals surface area contributed by atoms with Gasteiger partial charge in [-0.2, -0.15) is 0 Å². The van der Waals surface area contributed by atoms with Crippen LogP contribution in [0.15, 0.2) is 67.8 Å². The zero-order valence-electron chi connectivity index (χ0n) is 26.6. The fourth-order valence-corrected chi connectivity index (χ4v) is 4.73. The minimum Gasteiger partial charge on any atom is -0.465 e. The van der Waals surface area contributed by atoms with Crippen molar-refractivity contribution in [3.63, 3.8) is 0 Å². The van der Waals surface area contributed by atoms with Gasteiger partial charge < -0.3 is 19.3 Å². The van der Waals surface area contributed by atoms with Crippen LogP contribution in [-0.4, -0.2) is 48.4 Å². The summed E-state index contributed by atoms with van der Waals surface area (Å²) in [6, 6.07) is 10.1. The van der Waals surface area contributed by atoms with Gasteiger partial charge in [-0.05, 0) is 76.2 Å². The SMILES string of the molecule is C=CC(O)CCC(CC)C(=O)OC/C=C/CCC(CC)C(=O)OC(C=C)CCC(CC)C(=O)OCCCc1ccccc1. The quantitative estimate of drug-likeness (QED) is 0.0576. The Morgan fingerprint density at radius 1 is 0.767 bits per heavy atom. The molecule has 0 bridgehead atoms. The maximum Gasteiger partial charge on any atom is 0.309 e. The molecule has 1 aromatic rings. The molecule has 0 radical (unpaired) electrons. The molecule has 0 aromatic heterocycles. The van der Waals surface area contributed by atoms with E-state index in [1.54, 1.807) is 12.2 Å². The highest BCUT2D eigenvalue weighted by molar-refractivity contribution is 5.73. The number of aliphatic hydroxyl groups is 1. The van der Waals surface area contributed by atoms with Crippen molar-refractivity contribution in [2.45, 2.75) is 104 Å². The third kappa shape index (κ3) is 16.3. The summed E-state index contributed by atoms with van der Waals surface area (Å²) < 4.78 is 16.6. The lowest BCUT2D eigenvalue weighted by molar-refractivity contribution is -0.153. The Hall–Kier alpha value is -3.19. The molecule has 7 heteroatoms. The van der Waals surface area contributed by atoms with Crippen LogP contribution in [0.3, 0.4) is 0 Å². The number of carbonyl (C=O) groups excluding carboxylic acids is 3. The van der Waals surface area contributed by atoms with Crippen molar-refractivity contribution in [2.75, 3.05) is 13.2 Å². The number of ether oxygens (including phenoxy) is 3. The summed E-state index contributed by atoms with van der Waals surface area (Å²) in [6.45, 7) is 13.8. The zero-order valence-corrected chi connectivity index (χ0v) is 26.6. The van der Waals surface area contributed by atoms with E-state index in [2.05, 4.69) is 25.3 Å². The molecular formula is C36H54O7. The van der Waals surface area contributed by atoms with Crippen LogP contribution in [0.25, 0.3) is 0 Å². The average molecular weight is 599 g/mol. The van der Waals surface area contributed by atoms with Crippen LogP contribution in [0.4, 0.5) is 0 Å². The maximum atomic E-state index is 12.9. The van der Waals surface area contributed by atoms with E-state index >= 15 is 0 Å². The molecule has 0 aliphatic heterocycles. The number of rotatable bonds is 24. The molecule has 0 spiro atoms. The molecule has 240 valence electrons. The van der Waals surface area contributed by atoms with Crippen molar-refractivity contribution >= 4 is 17.9 Å². The molecule has 0 heterocycles. The normalized spacial score (nSPS) is 14.7. The molecule has 43 heavy (non-hydrogen) atoms. The summed E-state index contributed by atoms with van der Waals surface area (Å²) in [5, 5.41) is 9.63. The second kappa shape index (κ2) is 23.3. The van der Waals surface area contributed by atoms with Gasteiger partial charge >= 0.3 is 17.9 Å². The van der Waals surface area contributed by atoms with E-state index in [4.69, 9.17) is 14.2 Å². The summed E-state index contributed by atoms with van der Waals surface area (Å²) in [5.41, 5.74) is 1.22. The van der Waals surface area contributed by atoms with E-state index in [9.17, 15) is 19.5 Å². The van der Waals surface area contributed by atoms with Crippen molar-refractivity contribution in [1.82, 2.24) is 0 Å². The molecule has 0 saturated heterocycles. The Labute approximate surface area is 259 Å². The molecule has 5 unspecified atom stereocenters. The van der Waals surface area contributed by atoms with Crippen molar-refractivity contribution in [1.29, 1.82) is 0 Å². The molecule has 0 amide bonds. The molecule has 0 aliphatic rings. The third-order valence-electron chi connectivity index (χ3n) is 7.76. The Kier molecular flexibility index (Phi) is 20.5. The van der Waals surface area contributed by atoms with Gasteiger partial charge in [0.2, 0.25) is 0 Å². The van der Waals surface area contributed by atoms with Gasteiger partial charge in [0.15, 0.2) is 0 Å². The number of esters is 3. The molecule has 1 N–H and O–H groups in total. The predicted molar refractivity (Wildman–Crippen MR) is 171 cm³/mol. The maximum absolute atomic E-state index is 12.9. The van der Waals surface area contributed by atoms with Gasteiger partial charge in [0, 0.05) is 0 Å². The summed E-state index contributed by atoms with van der Waals surface area (Å²) in [4.78, 5) is 37.7. The van der Waals surface area contributed by atoms with E-state index < -0.39 is 12.2 Å². The summed E-state index contributed by atoms with van der Waals surface area (Å²) >= 11 is 0. The molecule has 1 aromatic carbocycles. The molecule has 1 rings (SSSR count). The van der Waals surface area contributed by atoms with Crippen LogP contribution in [0.2, 0.25) is 0 Å². The highest BCUT2D eigenvalue weighted by atomic mass is 16.5.